The summed E-state index contributed by atoms with van der Waals surface area (Å²) < 4.78 is 5.21. The van der Waals surface area contributed by atoms with E-state index in [1.165, 1.54) is 0 Å². The van der Waals surface area contributed by atoms with Crippen LogP contribution in [0.3, 0.4) is 0 Å². The summed E-state index contributed by atoms with van der Waals surface area (Å²) in [5, 5.41) is 7.17. The van der Waals surface area contributed by atoms with Crippen LogP contribution in [0, 0.1) is 0 Å². The zero-order valence-electron chi connectivity index (χ0n) is 10.2. The Kier molecular flexibility index (Phi) is 3.49. The number of nitrogens with zero attached hydrogens (tertiary/aromatic N) is 3. The summed E-state index contributed by atoms with van der Waals surface area (Å²) in [6, 6.07) is 3.79. The Morgan fingerprint density at radius 3 is 2.71 bits per heavy atom. The maximum Gasteiger partial charge on any atom is 0.229 e. The van der Waals surface area contributed by atoms with Gasteiger partial charge >= 0.3 is 0 Å². The van der Waals surface area contributed by atoms with Gasteiger partial charge in [0.2, 0.25) is 5.89 Å². The molecular formula is C12H16N4O. The fraction of sp³-hybridized carbons (Fsp3) is 0.417. The topological polar surface area (TPSA) is 63.8 Å². The smallest absolute Gasteiger partial charge is 0.229 e. The Morgan fingerprint density at radius 2 is 2.18 bits per heavy atom. The zero-order valence-corrected chi connectivity index (χ0v) is 10.2. The number of aromatic nitrogens is 3. The summed E-state index contributed by atoms with van der Waals surface area (Å²) in [6.07, 6.45) is 3.54. The van der Waals surface area contributed by atoms with E-state index in [4.69, 9.17) is 4.52 Å². The number of rotatable bonds is 4. The van der Waals surface area contributed by atoms with E-state index in [2.05, 4.69) is 20.4 Å². The van der Waals surface area contributed by atoms with E-state index in [0.29, 0.717) is 11.7 Å². The number of hydrogen-bond acceptors (Lipinski definition) is 5. The second-order valence-corrected chi connectivity index (χ2v) is 4.15. The fourth-order valence-corrected chi connectivity index (χ4v) is 1.59. The third kappa shape index (κ3) is 2.50. The lowest BCUT2D eigenvalue weighted by atomic mass is 10.1. The minimum atomic E-state index is -0.0834. The van der Waals surface area contributed by atoms with Gasteiger partial charge in [-0.05, 0) is 18.7 Å². The molecule has 0 amide bonds. The molecule has 0 saturated carbocycles. The van der Waals surface area contributed by atoms with E-state index in [1.807, 2.05) is 33.0 Å². The van der Waals surface area contributed by atoms with E-state index in [-0.39, 0.29) is 12.0 Å². The lowest BCUT2D eigenvalue weighted by Crippen LogP contribution is -2.19. The van der Waals surface area contributed by atoms with Crippen molar-refractivity contribution in [3.63, 3.8) is 0 Å². The maximum atomic E-state index is 5.21. The van der Waals surface area contributed by atoms with Crippen LogP contribution in [-0.4, -0.2) is 22.2 Å². The number of nitrogens with one attached hydrogen (secondary N) is 1. The molecule has 1 N–H and O–H groups in total. The highest BCUT2D eigenvalue weighted by atomic mass is 16.5. The molecule has 0 bridgehead atoms. The molecule has 17 heavy (non-hydrogen) atoms. The minimum Gasteiger partial charge on any atom is -0.339 e. The van der Waals surface area contributed by atoms with Gasteiger partial charge in [-0.1, -0.05) is 25.1 Å². The Hall–Kier alpha value is -1.75. The third-order valence-electron chi connectivity index (χ3n) is 2.52. The van der Waals surface area contributed by atoms with Gasteiger partial charge in [-0.2, -0.15) is 4.98 Å². The normalized spacial score (nSPS) is 12.9. The van der Waals surface area contributed by atoms with Crippen LogP contribution in [-0.2, 0) is 0 Å². The van der Waals surface area contributed by atoms with Crippen LogP contribution >= 0.6 is 0 Å². The minimum absolute atomic E-state index is 0.0834. The molecule has 0 aliphatic carbocycles. The van der Waals surface area contributed by atoms with Gasteiger partial charge in [0, 0.05) is 18.3 Å². The highest BCUT2D eigenvalue weighted by Crippen LogP contribution is 2.20. The molecule has 5 heteroatoms. The van der Waals surface area contributed by atoms with Crippen LogP contribution in [0.4, 0.5) is 0 Å². The van der Waals surface area contributed by atoms with E-state index in [1.54, 1.807) is 12.4 Å². The van der Waals surface area contributed by atoms with Crippen LogP contribution in [0.1, 0.15) is 43.1 Å². The molecule has 2 aromatic rings. The molecule has 2 aromatic heterocycles. The van der Waals surface area contributed by atoms with Crippen molar-refractivity contribution in [1.82, 2.24) is 20.4 Å². The molecule has 0 fully saturated rings. The molecule has 0 aliphatic rings. The van der Waals surface area contributed by atoms with Crippen LogP contribution < -0.4 is 5.32 Å². The predicted molar refractivity (Wildman–Crippen MR) is 63.5 cm³/mol. The van der Waals surface area contributed by atoms with E-state index in [0.717, 1.165) is 5.56 Å². The standard InChI is InChI=1S/C12H16N4O/c1-8(2)12-15-11(16-17-12)10(13-3)9-5-4-6-14-7-9/h4-8,10,13H,1-3H3/t10-/m0/s1. The monoisotopic (exact) mass is 232 g/mol. The molecule has 0 spiro atoms. The molecule has 1 atom stereocenters. The molecule has 2 rings (SSSR count). The number of hydrogen-bond donors (Lipinski definition) is 1. The van der Waals surface area contributed by atoms with Crippen molar-refractivity contribution in [2.75, 3.05) is 7.05 Å². The van der Waals surface area contributed by atoms with Crippen LogP contribution in [0.5, 0.6) is 0 Å². The summed E-state index contributed by atoms with van der Waals surface area (Å²) in [6.45, 7) is 4.05. The quantitative estimate of drug-likeness (QED) is 0.872. The first-order chi connectivity index (χ1) is 8.22. The Labute approximate surface area is 100 Å². The van der Waals surface area contributed by atoms with Crippen LogP contribution in [0.25, 0.3) is 0 Å². The predicted octanol–water partition coefficient (Wildman–Crippen LogP) is 1.90. The second kappa shape index (κ2) is 5.05. The highest BCUT2D eigenvalue weighted by Gasteiger charge is 2.19. The lowest BCUT2D eigenvalue weighted by Gasteiger charge is -2.11. The van der Waals surface area contributed by atoms with Gasteiger partial charge in [-0.25, -0.2) is 0 Å². The highest BCUT2D eigenvalue weighted by molar-refractivity contribution is 5.20. The summed E-state index contributed by atoms with van der Waals surface area (Å²) in [4.78, 5) is 8.48. The molecule has 0 radical (unpaired) electrons. The summed E-state index contributed by atoms with van der Waals surface area (Å²) in [5.74, 6) is 1.54. The molecule has 90 valence electrons. The molecule has 0 saturated heterocycles. The fourth-order valence-electron chi connectivity index (χ4n) is 1.59. The van der Waals surface area contributed by atoms with Gasteiger partial charge in [-0.15, -0.1) is 0 Å². The van der Waals surface area contributed by atoms with Gasteiger partial charge < -0.3 is 9.84 Å². The van der Waals surface area contributed by atoms with Crippen molar-refractivity contribution < 1.29 is 4.52 Å². The first kappa shape index (κ1) is 11.7. The molecule has 5 nitrogen and oxygen atoms in total. The molecular weight excluding hydrogens is 216 g/mol. The van der Waals surface area contributed by atoms with Gasteiger partial charge in [0.1, 0.15) is 0 Å². The van der Waals surface area contributed by atoms with Crippen molar-refractivity contribution in [1.29, 1.82) is 0 Å². The van der Waals surface area contributed by atoms with E-state index >= 15 is 0 Å². The molecule has 0 aromatic carbocycles. The zero-order chi connectivity index (χ0) is 12.3. The van der Waals surface area contributed by atoms with Crippen LogP contribution in [0.2, 0.25) is 0 Å². The van der Waals surface area contributed by atoms with Gasteiger partial charge in [0.15, 0.2) is 5.82 Å². The van der Waals surface area contributed by atoms with Crippen molar-refractivity contribution in [2.24, 2.45) is 0 Å². The van der Waals surface area contributed by atoms with Crippen molar-refractivity contribution in [3.8, 4) is 0 Å². The Balaban J connectivity index is 2.29. The second-order valence-electron chi connectivity index (χ2n) is 4.15. The van der Waals surface area contributed by atoms with Gasteiger partial charge in [-0.3, -0.25) is 4.98 Å². The van der Waals surface area contributed by atoms with Crippen molar-refractivity contribution >= 4 is 0 Å². The third-order valence-corrected chi connectivity index (χ3v) is 2.52. The van der Waals surface area contributed by atoms with Crippen LogP contribution in [0.15, 0.2) is 29.0 Å². The van der Waals surface area contributed by atoms with E-state index < -0.39 is 0 Å². The average molecular weight is 232 g/mol. The molecule has 2 heterocycles. The summed E-state index contributed by atoms with van der Waals surface area (Å²) in [7, 11) is 1.86. The first-order valence-corrected chi connectivity index (χ1v) is 5.63. The lowest BCUT2D eigenvalue weighted by molar-refractivity contribution is 0.358. The Bertz CT molecular complexity index is 466. The SMILES string of the molecule is CN[C@@H](c1cccnc1)c1noc(C(C)C)n1. The van der Waals surface area contributed by atoms with Crippen molar-refractivity contribution in [2.45, 2.75) is 25.8 Å². The first-order valence-electron chi connectivity index (χ1n) is 5.63. The van der Waals surface area contributed by atoms with Gasteiger partial charge in [0.25, 0.3) is 0 Å². The number of pyridine rings is 1. The van der Waals surface area contributed by atoms with E-state index in [9.17, 15) is 0 Å². The molecule has 0 unspecified atom stereocenters. The summed E-state index contributed by atoms with van der Waals surface area (Å²) >= 11 is 0. The van der Waals surface area contributed by atoms with Crippen molar-refractivity contribution in [3.05, 3.63) is 41.8 Å². The molecule has 0 aliphatic heterocycles. The average Bonchev–Trinajstić information content (AvgIpc) is 2.81. The maximum absolute atomic E-state index is 5.21. The largest absolute Gasteiger partial charge is 0.339 e. The van der Waals surface area contributed by atoms with Gasteiger partial charge in [0.05, 0.1) is 6.04 Å². The summed E-state index contributed by atoms with van der Waals surface area (Å²) in [5.41, 5.74) is 1.02. The Morgan fingerprint density at radius 1 is 1.35 bits per heavy atom.